The van der Waals surface area contributed by atoms with Crippen LogP contribution < -0.4 is 10.5 Å². The lowest BCUT2D eigenvalue weighted by Gasteiger charge is -2.13. The van der Waals surface area contributed by atoms with Crippen LogP contribution in [0.5, 0.6) is 5.75 Å². The zero-order valence-electron chi connectivity index (χ0n) is 8.52. The molecule has 0 aromatic heterocycles. The first-order valence-electron chi connectivity index (χ1n) is 4.85. The molecular weight excluding hydrogens is 200 g/mol. The summed E-state index contributed by atoms with van der Waals surface area (Å²) in [4.78, 5) is 0. The van der Waals surface area contributed by atoms with Gasteiger partial charge in [0, 0.05) is 17.2 Å². The maximum atomic E-state index is 13.3. The molecule has 0 bridgehead atoms. The minimum absolute atomic E-state index is 0.105. The van der Waals surface area contributed by atoms with Gasteiger partial charge in [-0.2, -0.15) is 0 Å². The molecule has 2 nitrogen and oxygen atoms in total. The highest BCUT2D eigenvalue weighted by atomic mass is 19.1. The van der Waals surface area contributed by atoms with Gasteiger partial charge in [-0.25, -0.2) is 8.78 Å². The topological polar surface area (TPSA) is 35.2 Å². The van der Waals surface area contributed by atoms with Crippen molar-refractivity contribution in [3.05, 3.63) is 29.3 Å². The summed E-state index contributed by atoms with van der Waals surface area (Å²) < 4.78 is 31.2. The molecule has 0 atom stereocenters. The summed E-state index contributed by atoms with van der Waals surface area (Å²) in [5.41, 5.74) is 6.13. The van der Waals surface area contributed by atoms with E-state index >= 15 is 0 Å². The predicted octanol–water partition coefficient (Wildman–Crippen LogP) is 2.01. The van der Waals surface area contributed by atoms with Crippen LogP contribution in [0.15, 0.2) is 12.1 Å². The molecule has 4 heteroatoms. The average Bonchev–Trinajstić information content (AvgIpc) is 2.82. The van der Waals surface area contributed by atoms with Crippen LogP contribution in [0.4, 0.5) is 8.78 Å². The number of nitrogens with two attached hydrogens (primary N) is 1. The van der Waals surface area contributed by atoms with E-state index in [-0.39, 0.29) is 11.3 Å². The fourth-order valence-corrected chi connectivity index (χ4v) is 1.69. The molecule has 0 unspecified atom stereocenters. The number of rotatable bonds is 3. The van der Waals surface area contributed by atoms with Crippen molar-refractivity contribution in [3.63, 3.8) is 0 Å². The van der Waals surface area contributed by atoms with Gasteiger partial charge < -0.3 is 10.5 Å². The summed E-state index contributed by atoms with van der Waals surface area (Å²) >= 11 is 0. The quantitative estimate of drug-likeness (QED) is 0.833. The van der Waals surface area contributed by atoms with Crippen molar-refractivity contribution in [1.29, 1.82) is 0 Å². The molecule has 15 heavy (non-hydrogen) atoms. The molecule has 2 N–H and O–H groups in total. The van der Waals surface area contributed by atoms with Crippen LogP contribution in [0.1, 0.15) is 18.4 Å². The van der Waals surface area contributed by atoms with Gasteiger partial charge >= 0.3 is 0 Å². The highest BCUT2D eigenvalue weighted by Crippen LogP contribution is 2.38. The van der Waals surface area contributed by atoms with Gasteiger partial charge in [-0.3, -0.25) is 0 Å². The molecule has 1 aliphatic carbocycles. The van der Waals surface area contributed by atoms with Crippen molar-refractivity contribution in [1.82, 2.24) is 0 Å². The van der Waals surface area contributed by atoms with Crippen molar-refractivity contribution in [2.24, 2.45) is 5.73 Å². The van der Waals surface area contributed by atoms with E-state index in [2.05, 4.69) is 0 Å². The second-order valence-electron chi connectivity index (χ2n) is 4.12. The molecule has 0 amide bonds. The molecule has 0 spiro atoms. The first-order chi connectivity index (χ1) is 7.04. The van der Waals surface area contributed by atoms with E-state index in [0.717, 1.165) is 18.9 Å². The van der Waals surface area contributed by atoms with Gasteiger partial charge in [0.1, 0.15) is 5.82 Å². The number of hydrogen-bond donors (Lipinski definition) is 1. The van der Waals surface area contributed by atoms with E-state index in [1.54, 1.807) is 0 Å². The average molecular weight is 213 g/mol. The van der Waals surface area contributed by atoms with Crippen LogP contribution in [0.3, 0.4) is 0 Å². The standard InChI is InChI=1S/C11H13F2NO/c1-15-10-7(6-11(14)2-3-11)4-8(12)5-9(10)13/h4-5H,2-3,6,14H2,1H3. The Morgan fingerprint density at radius 1 is 1.40 bits per heavy atom. The van der Waals surface area contributed by atoms with Crippen molar-refractivity contribution >= 4 is 0 Å². The van der Waals surface area contributed by atoms with Crippen molar-refractivity contribution in [2.45, 2.75) is 24.8 Å². The van der Waals surface area contributed by atoms with Gasteiger partial charge in [-0.05, 0) is 25.3 Å². The number of methoxy groups -OCH3 is 1. The zero-order valence-corrected chi connectivity index (χ0v) is 8.52. The molecule has 0 aliphatic heterocycles. The van der Waals surface area contributed by atoms with Crippen LogP contribution in [0.2, 0.25) is 0 Å². The summed E-state index contributed by atoms with van der Waals surface area (Å²) in [6.45, 7) is 0. The summed E-state index contributed by atoms with van der Waals surface area (Å²) in [5, 5.41) is 0. The smallest absolute Gasteiger partial charge is 0.168 e. The maximum Gasteiger partial charge on any atom is 0.168 e. The normalized spacial score (nSPS) is 17.6. The van der Waals surface area contributed by atoms with Gasteiger partial charge in [-0.15, -0.1) is 0 Å². The van der Waals surface area contributed by atoms with E-state index in [1.165, 1.54) is 13.2 Å². The maximum absolute atomic E-state index is 13.3. The van der Waals surface area contributed by atoms with Crippen LogP contribution >= 0.6 is 0 Å². The number of benzene rings is 1. The monoisotopic (exact) mass is 213 g/mol. The number of hydrogen-bond acceptors (Lipinski definition) is 2. The van der Waals surface area contributed by atoms with E-state index in [1.807, 2.05) is 0 Å². The predicted molar refractivity (Wildman–Crippen MR) is 52.8 cm³/mol. The molecule has 1 saturated carbocycles. The molecule has 1 aromatic rings. The lowest BCUT2D eigenvalue weighted by molar-refractivity contribution is 0.376. The third kappa shape index (κ3) is 2.09. The highest BCUT2D eigenvalue weighted by Gasteiger charge is 2.39. The molecule has 1 fully saturated rings. The van der Waals surface area contributed by atoms with Crippen molar-refractivity contribution in [3.8, 4) is 5.75 Å². The number of halogens is 2. The Bertz CT molecular complexity index is 388. The van der Waals surface area contributed by atoms with Gasteiger partial charge in [0.25, 0.3) is 0 Å². The SMILES string of the molecule is COc1c(F)cc(F)cc1CC1(N)CC1. The fraction of sp³-hybridized carbons (Fsp3) is 0.455. The molecule has 0 heterocycles. The van der Waals surface area contributed by atoms with Gasteiger partial charge in [0.2, 0.25) is 0 Å². The summed E-state index contributed by atoms with van der Waals surface area (Å²) in [7, 11) is 1.37. The second-order valence-corrected chi connectivity index (χ2v) is 4.12. The molecule has 0 radical (unpaired) electrons. The molecule has 1 aromatic carbocycles. The number of ether oxygens (including phenoxy) is 1. The fourth-order valence-electron chi connectivity index (χ4n) is 1.69. The minimum Gasteiger partial charge on any atom is -0.493 e. The second kappa shape index (κ2) is 3.45. The van der Waals surface area contributed by atoms with E-state index in [0.29, 0.717) is 12.0 Å². The first-order valence-corrected chi connectivity index (χ1v) is 4.85. The third-order valence-electron chi connectivity index (χ3n) is 2.72. The molecule has 0 saturated heterocycles. The first kappa shape index (κ1) is 10.4. The van der Waals surface area contributed by atoms with Crippen molar-refractivity contribution in [2.75, 3.05) is 7.11 Å². The van der Waals surface area contributed by atoms with E-state index in [4.69, 9.17) is 10.5 Å². The Labute approximate surface area is 87.0 Å². The van der Waals surface area contributed by atoms with Crippen LogP contribution in [0, 0.1) is 11.6 Å². The van der Waals surface area contributed by atoms with Gasteiger partial charge in [0.05, 0.1) is 7.11 Å². The lowest BCUT2D eigenvalue weighted by Crippen LogP contribution is -2.25. The summed E-state index contributed by atoms with van der Waals surface area (Å²) in [6.07, 6.45) is 2.26. The van der Waals surface area contributed by atoms with Gasteiger partial charge in [0.15, 0.2) is 11.6 Å². The lowest BCUT2D eigenvalue weighted by atomic mass is 10.0. The van der Waals surface area contributed by atoms with E-state index < -0.39 is 11.6 Å². The Morgan fingerprint density at radius 3 is 2.60 bits per heavy atom. The molecule has 1 aliphatic rings. The Morgan fingerprint density at radius 2 is 2.07 bits per heavy atom. The molecular formula is C11H13F2NO. The van der Waals surface area contributed by atoms with Gasteiger partial charge in [-0.1, -0.05) is 0 Å². The Kier molecular flexibility index (Phi) is 2.38. The van der Waals surface area contributed by atoms with Crippen molar-refractivity contribution < 1.29 is 13.5 Å². The van der Waals surface area contributed by atoms with Crippen LogP contribution in [-0.2, 0) is 6.42 Å². The molecule has 82 valence electrons. The summed E-state index contributed by atoms with van der Waals surface area (Å²) in [6, 6.07) is 2.10. The van der Waals surface area contributed by atoms with Crippen LogP contribution in [-0.4, -0.2) is 12.6 Å². The van der Waals surface area contributed by atoms with E-state index in [9.17, 15) is 8.78 Å². The molecule has 2 rings (SSSR count). The third-order valence-corrected chi connectivity index (χ3v) is 2.72. The summed E-state index contributed by atoms with van der Waals surface area (Å²) in [5.74, 6) is -1.16. The Balaban J connectivity index is 2.35. The minimum atomic E-state index is -0.670. The zero-order chi connectivity index (χ0) is 11.1. The largest absolute Gasteiger partial charge is 0.493 e. The Hall–Kier alpha value is -1.16. The highest BCUT2D eigenvalue weighted by molar-refractivity contribution is 5.37. The van der Waals surface area contributed by atoms with Crippen LogP contribution in [0.25, 0.3) is 0 Å².